The van der Waals surface area contributed by atoms with Crippen molar-refractivity contribution >= 4 is 28.5 Å². The molecule has 82 valence electrons. The third kappa shape index (κ3) is 2.25. The van der Waals surface area contributed by atoms with Gasteiger partial charge in [0, 0.05) is 10.4 Å². The topological polar surface area (TPSA) is 42.2 Å². The number of carbonyl (C=O) groups excluding carboxylic acids is 1. The molecule has 0 saturated carbocycles. The summed E-state index contributed by atoms with van der Waals surface area (Å²) in [5, 5.41) is 3.87. The van der Waals surface area contributed by atoms with E-state index in [9.17, 15) is 4.79 Å². The van der Waals surface area contributed by atoms with E-state index in [1.807, 2.05) is 24.3 Å². The fraction of sp³-hybridized carbons (Fsp3) is 0.0833. The summed E-state index contributed by atoms with van der Waals surface area (Å²) in [5.41, 5.74) is 0.692. The SMILES string of the molecule is C=C(Cl)CNC(=O)c1cc2ccccc2o1. The summed E-state index contributed by atoms with van der Waals surface area (Å²) in [4.78, 5) is 11.6. The molecule has 1 N–H and O–H groups in total. The number of halogens is 1. The average molecular weight is 236 g/mol. The first-order valence-corrected chi connectivity index (χ1v) is 5.14. The lowest BCUT2D eigenvalue weighted by molar-refractivity contribution is 0.0932. The van der Waals surface area contributed by atoms with E-state index in [0.29, 0.717) is 10.6 Å². The zero-order valence-electron chi connectivity index (χ0n) is 8.50. The first-order chi connectivity index (χ1) is 7.66. The molecule has 0 atom stereocenters. The Labute approximate surface area is 97.7 Å². The number of nitrogens with one attached hydrogen (secondary N) is 1. The molecule has 2 aromatic rings. The summed E-state index contributed by atoms with van der Waals surface area (Å²) in [6.45, 7) is 3.72. The second-order valence-electron chi connectivity index (χ2n) is 3.35. The summed E-state index contributed by atoms with van der Waals surface area (Å²) >= 11 is 5.55. The highest BCUT2D eigenvalue weighted by Crippen LogP contribution is 2.18. The lowest BCUT2D eigenvalue weighted by Gasteiger charge is -1.99. The monoisotopic (exact) mass is 235 g/mol. The molecule has 1 aromatic heterocycles. The molecule has 16 heavy (non-hydrogen) atoms. The molecule has 0 bridgehead atoms. The number of para-hydroxylation sites is 1. The zero-order valence-corrected chi connectivity index (χ0v) is 9.25. The molecule has 0 unspecified atom stereocenters. The van der Waals surface area contributed by atoms with Crippen LogP contribution in [0.2, 0.25) is 0 Å². The van der Waals surface area contributed by atoms with Gasteiger partial charge in [-0.2, -0.15) is 0 Å². The number of hydrogen-bond donors (Lipinski definition) is 1. The Morgan fingerprint density at radius 3 is 2.88 bits per heavy atom. The minimum Gasteiger partial charge on any atom is -0.451 e. The molecule has 3 nitrogen and oxygen atoms in total. The van der Waals surface area contributed by atoms with E-state index in [2.05, 4.69) is 11.9 Å². The van der Waals surface area contributed by atoms with Gasteiger partial charge in [0.25, 0.3) is 5.91 Å². The third-order valence-electron chi connectivity index (χ3n) is 2.09. The van der Waals surface area contributed by atoms with Crippen molar-refractivity contribution in [3.05, 3.63) is 47.7 Å². The fourth-order valence-corrected chi connectivity index (χ4v) is 1.42. The number of fused-ring (bicyclic) bond motifs is 1. The Morgan fingerprint density at radius 1 is 1.44 bits per heavy atom. The molecule has 0 radical (unpaired) electrons. The number of rotatable bonds is 3. The second kappa shape index (κ2) is 4.41. The number of carbonyl (C=O) groups is 1. The predicted molar refractivity (Wildman–Crippen MR) is 63.5 cm³/mol. The number of benzene rings is 1. The third-order valence-corrected chi connectivity index (χ3v) is 2.22. The van der Waals surface area contributed by atoms with Gasteiger partial charge < -0.3 is 9.73 Å². The maximum atomic E-state index is 11.6. The maximum Gasteiger partial charge on any atom is 0.287 e. The van der Waals surface area contributed by atoms with Crippen LogP contribution >= 0.6 is 11.6 Å². The highest BCUT2D eigenvalue weighted by molar-refractivity contribution is 6.29. The Hall–Kier alpha value is -1.74. The standard InChI is InChI=1S/C12H10ClNO2/c1-8(13)7-14-12(15)11-6-9-4-2-3-5-10(9)16-11/h2-6H,1,7H2,(H,14,15). The van der Waals surface area contributed by atoms with Crippen molar-refractivity contribution in [3.8, 4) is 0 Å². The van der Waals surface area contributed by atoms with Crippen LogP contribution in [0.1, 0.15) is 10.6 Å². The van der Waals surface area contributed by atoms with Gasteiger partial charge in [-0.05, 0) is 12.1 Å². The average Bonchev–Trinajstić information content (AvgIpc) is 2.69. The first kappa shape index (κ1) is 10.8. The Balaban J connectivity index is 2.20. The van der Waals surface area contributed by atoms with Gasteiger partial charge in [-0.1, -0.05) is 36.4 Å². The van der Waals surface area contributed by atoms with Crippen LogP contribution in [0, 0.1) is 0 Å². The van der Waals surface area contributed by atoms with Gasteiger partial charge in [0.05, 0.1) is 6.54 Å². The van der Waals surface area contributed by atoms with E-state index < -0.39 is 0 Å². The molecule has 0 aliphatic rings. The number of furan rings is 1. The maximum absolute atomic E-state index is 11.6. The van der Waals surface area contributed by atoms with Crippen molar-refractivity contribution in [2.24, 2.45) is 0 Å². The molecular formula is C12H10ClNO2. The van der Waals surface area contributed by atoms with Gasteiger partial charge >= 0.3 is 0 Å². The molecule has 4 heteroatoms. The molecule has 0 aliphatic carbocycles. The van der Waals surface area contributed by atoms with Crippen LogP contribution < -0.4 is 5.32 Å². The van der Waals surface area contributed by atoms with Crippen LogP contribution in [0.5, 0.6) is 0 Å². The molecule has 0 saturated heterocycles. The Bertz CT molecular complexity index is 512. The van der Waals surface area contributed by atoms with Crippen molar-refractivity contribution in [2.45, 2.75) is 0 Å². The van der Waals surface area contributed by atoms with Crippen LogP contribution in [-0.2, 0) is 0 Å². The molecule has 1 heterocycles. The van der Waals surface area contributed by atoms with E-state index in [0.717, 1.165) is 5.39 Å². The van der Waals surface area contributed by atoms with E-state index in [4.69, 9.17) is 16.0 Å². The normalized spacial score (nSPS) is 10.3. The van der Waals surface area contributed by atoms with Gasteiger partial charge in [0.1, 0.15) is 5.58 Å². The van der Waals surface area contributed by atoms with E-state index >= 15 is 0 Å². The van der Waals surface area contributed by atoms with Crippen molar-refractivity contribution in [3.63, 3.8) is 0 Å². The molecule has 0 aliphatic heterocycles. The summed E-state index contributed by atoms with van der Waals surface area (Å²) in [6, 6.07) is 9.14. The van der Waals surface area contributed by atoms with Crippen LogP contribution in [0.4, 0.5) is 0 Å². The molecule has 2 rings (SSSR count). The van der Waals surface area contributed by atoms with Gasteiger partial charge in [0.15, 0.2) is 5.76 Å². The minimum absolute atomic E-state index is 0.234. The predicted octanol–water partition coefficient (Wildman–Crippen LogP) is 2.92. The molecular weight excluding hydrogens is 226 g/mol. The smallest absolute Gasteiger partial charge is 0.287 e. The number of hydrogen-bond acceptors (Lipinski definition) is 2. The summed E-state index contributed by atoms with van der Waals surface area (Å²) in [6.07, 6.45) is 0. The molecule has 1 amide bonds. The zero-order chi connectivity index (χ0) is 11.5. The van der Waals surface area contributed by atoms with Crippen molar-refractivity contribution in [1.82, 2.24) is 5.32 Å². The molecule has 0 spiro atoms. The largest absolute Gasteiger partial charge is 0.451 e. The lowest BCUT2D eigenvalue weighted by Crippen LogP contribution is -2.23. The van der Waals surface area contributed by atoms with Gasteiger partial charge in [0.2, 0.25) is 0 Å². The van der Waals surface area contributed by atoms with Crippen LogP contribution in [0.25, 0.3) is 11.0 Å². The van der Waals surface area contributed by atoms with Crippen LogP contribution in [0.3, 0.4) is 0 Å². The van der Waals surface area contributed by atoms with Crippen molar-refractivity contribution in [1.29, 1.82) is 0 Å². The van der Waals surface area contributed by atoms with E-state index in [1.165, 1.54) is 0 Å². The quantitative estimate of drug-likeness (QED) is 0.889. The highest BCUT2D eigenvalue weighted by Gasteiger charge is 2.11. The van der Waals surface area contributed by atoms with Gasteiger partial charge in [-0.3, -0.25) is 4.79 Å². The van der Waals surface area contributed by atoms with E-state index in [-0.39, 0.29) is 18.2 Å². The minimum atomic E-state index is -0.294. The van der Waals surface area contributed by atoms with E-state index in [1.54, 1.807) is 6.07 Å². The summed E-state index contributed by atoms with van der Waals surface area (Å²) in [5.74, 6) is -0.0166. The van der Waals surface area contributed by atoms with Crippen LogP contribution in [0.15, 0.2) is 46.4 Å². The Kier molecular flexibility index (Phi) is 2.97. The van der Waals surface area contributed by atoms with Gasteiger partial charge in [-0.15, -0.1) is 0 Å². The van der Waals surface area contributed by atoms with Crippen molar-refractivity contribution < 1.29 is 9.21 Å². The number of amides is 1. The molecule has 1 aromatic carbocycles. The fourth-order valence-electron chi connectivity index (χ4n) is 1.36. The lowest BCUT2D eigenvalue weighted by atomic mass is 10.2. The summed E-state index contributed by atoms with van der Waals surface area (Å²) < 4.78 is 5.38. The first-order valence-electron chi connectivity index (χ1n) is 4.77. The summed E-state index contributed by atoms with van der Waals surface area (Å²) in [7, 11) is 0. The second-order valence-corrected chi connectivity index (χ2v) is 3.88. The Morgan fingerprint density at radius 2 is 2.19 bits per heavy atom. The van der Waals surface area contributed by atoms with Crippen molar-refractivity contribution in [2.75, 3.05) is 6.54 Å². The molecule has 0 fully saturated rings. The highest BCUT2D eigenvalue weighted by atomic mass is 35.5. The van der Waals surface area contributed by atoms with Crippen LogP contribution in [-0.4, -0.2) is 12.5 Å². The van der Waals surface area contributed by atoms with Gasteiger partial charge in [-0.25, -0.2) is 0 Å².